The number of benzene rings is 4. The van der Waals surface area contributed by atoms with E-state index in [9.17, 15) is 0 Å². The Labute approximate surface area is 241 Å². The van der Waals surface area contributed by atoms with Crippen molar-refractivity contribution in [3.63, 3.8) is 0 Å². The Morgan fingerprint density at radius 1 is 0.537 bits per heavy atom. The number of hydrogen-bond acceptors (Lipinski definition) is 3. The fraction of sp³-hybridized carbons (Fsp3) is 0.167. The van der Waals surface area contributed by atoms with Gasteiger partial charge in [-0.2, -0.15) is 0 Å². The van der Waals surface area contributed by atoms with Gasteiger partial charge in [0.2, 0.25) is 0 Å². The maximum atomic E-state index is 7.29. The summed E-state index contributed by atoms with van der Waals surface area (Å²) in [6.07, 6.45) is 6.75. The molecule has 0 aliphatic carbocycles. The van der Waals surface area contributed by atoms with E-state index in [0.717, 1.165) is 22.5 Å². The van der Waals surface area contributed by atoms with Crippen LogP contribution in [0.2, 0.25) is 0 Å². The van der Waals surface area contributed by atoms with Gasteiger partial charge in [-0.15, -0.1) is 0 Å². The third-order valence-electron chi connectivity index (χ3n) is 8.00. The van der Waals surface area contributed by atoms with Crippen LogP contribution in [0.25, 0.3) is 22.3 Å². The molecule has 6 aromatic rings. The van der Waals surface area contributed by atoms with Gasteiger partial charge in [0.15, 0.2) is 0 Å². The fourth-order valence-corrected chi connectivity index (χ4v) is 5.72. The van der Waals surface area contributed by atoms with Gasteiger partial charge >= 0.3 is 0 Å². The zero-order valence-corrected chi connectivity index (χ0v) is 23.9. The van der Waals surface area contributed by atoms with Gasteiger partial charge in [-0.25, -0.2) is 9.97 Å². The summed E-state index contributed by atoms with van der Waals surface area (Å²) < 4.78 is 11.4. The third kappa shape index (κ3) is 5.12. The van der Waals surface area contributed by atoms with Crippen LogP contribution in [0.4, 0.5) is 0 Å². The first-order valence-electron chi connectivity index (χ1n) is 13.9. The fourth-order valence-electron chi connectivity index (χ4n) is 5.72. The number of imidazole rings is 2. The first kappa shape index (κ1) is 26.5. The molecule has 0 bridgehead atoms. The number of aromatic nitrogens is 4. The molecule has 0 saturated carbocycles. The van der Waals surface area contributed by atoms with Gasteiger partial charge in [0, 0.05) is 14.1 Å². The summed E-state index contributed by atoms with van der Waals surface area (Å²) in [5, 5.41) is 0. The van der Waals surface area contributed by atoms with Crippen molar-refractivity contribution in [2.24, 2.45) is 14.1 Å². The highest BCUT2D eigenvalue weighted by atomic mass is 16.5. The first-order chi connectivity index (χ1) is 20.0. The molecular weight excluding hydrogens is 504 g/mol. The van der Waals surface area contributed by atoms with E-state index in [4.69, 9.17) is 4.74 Å². The van der Waals surface area contributed by atoms with E-state index in [1.54, 1.807) is 0 Å². The number of ether oxygens (including phenoxy) is 1. The number of hydrogen-bond donors (Lipinski definition) is 0. The lowest BCUT2D eigenvalue weighted by Crippen LogP contribution is -2.19. The van der Waals surface area contributed by atoms with Crippen molar-refractivity contribution < 1.29 is 4.74 Å². The van der Waals surface area contributed by atoms with Gasteiger partial charge in [0.05, 0.1) is 36.4 Å². The molecule has 2 atom stereocenters. The highest BCUT2D eigenvalue weighted by Crippen LogP contribution is 2.41. The van der Waals surface area contributed by atoms with Gasteiger partial charge in [0.1, 0.15) is 12.2 Å². The van der Waals surface area contributed by atoms with E-state index >= 15 is 0 Å². The van der Waals surface area contributed by atoms with Crippen molar-refractivity contribution in [1.82, 2.24) is 19.1 Å². The number of aryl methyl sites for hydroxylation is 2. The number of rotatable bonds is 8. The van der Waals surface area contributed by atoms with Crippen LogP contribution in [0.5, 0.6) is 0 Å². The number of nitrogens with zero attached hydrogens (tertiary/aromatic N) is 4. The second-order valence-electron chi connectivity index (χ2n) is 10.5. The Bertz CT molecular complexity index is 1640. The monoisotopic (exact) mass is 538 g/mol. The van der Waals surface area contributed by atoms with Crippen LogP contribution in [0.3, 0.4) is 0 Å². The summed E-state index contributed by atoms with van der Waals surface area (Å²) in [4.78, 5) is 8.95. The van der Waals surface area contributed by atoms with E-state index in [2.05, 4.69) is 121 Å². The SMILES string of the molecule is Cc1c(-c2ccccc2)cccc1C(OC(c1cccc(-c2ccccc2)c1C)c1cncn1C)c1cncn1C. The quantitative estimate of drug-likeness (QED) is 0.197. The van der Waals surface area contributed by atoms with Crippen LogP contribution in [0.1, 0.15) is 45.8 Å². The van der Waals surface area contributed by atoms with Crippen LogP contribution in [0.15, 0.2) is 122 Å². The molecule has 0 amide bonds. The van der Waals surface area contributed by atoms with Crippen molar-refractivity contribution in [1.29, 1.82) is 0 Å². The van der Waals surface area contributed by atoms with E-state index in [0.29, 0.717) is 0 Å². The third-order valence-corrected chi connectivity index (χ3v) is 8.00. The Balaban J connectivity index is 1.52. The Morgan fingerprint density at radius 2 is 0.951 bits per heavy atom. The lowest BCUT2D eigenvalue weighted by Gasteiger charge is -2.29. The second kappa shape index (κ2) is 11.4. The molecule has 0 N–H and O–H groups in total. The topological polar surface area (TPSA) is 44.9 Å². The summed E-state index contributed by atoms with van der Waals surface area (Å²) in [6.45, 7) is 4.37. The predicted molar refractivity (Wildman–Crippen MR) is 164 cm³/mol. The maximum absolute atomic E-state index is 7.29. The van der Waals surface area contributed by atoms with Gasteiger partial charge in [-0.3, -0.25) is 0 Å². The lowest BCUT2D eigenvalue weighted by molar-refractivity contribution is 0.0226. The van der Waals surface area contributed by atoms with Gasteiger partial charge in [-0.05, 0) is 58.4 Å². The first-order valence-corrected chi connectivity index (χ1v) is 13.9. The normalized spacial score (nSPS) is 12.8. The molecule has 5 heteroatoms. The molecule has 0 saturated heterocycles. The summed E-state index contributed by atoms with van der Waals surface area (Å²) in [5.41, 5.74) is 11.3. The molecule has 0 spiro atoms. The van der Waals surface area contributed by atoms with Gasteiger partial charge < -0.3 is 13.9 Å². The van der Waals surface area contributed by atoms with E-state index < -0.39 is 0 Å². The Kier molecular flexibility index (Phi) is 7.36. The maximum Gasteiger partial charge on any atom is 0.126 e. The molecule has 6 rings (SSSR count). The molecule has 0 fully saturated rings. The standard InChI is InChI=1S/C36H34N4O/c1-25-29(27-13-7-5-8-14-27)17-11-19-31(25)35(33-21-37-23-39(33)3)41-36(34-22-38-24-40(34)4)32-20-12-18-30(26(32)2)28-15-9-6-10-16-28/h5-24,35-36H,1-4H3. The zero-order valence-electron chi connectivity index (χ0n) is 23.9. The van der Waals surface area contributed by atoms with Crippen molar-refractivity contribution in [3.8, 4) is 22.3 Å². The van der Waals surface area contributed by atoms with E-state index in [1.807, 2.05) is 48.3 Å². The smallest absolute Gasteiger partial charge is 0.126 e. The van der Waals surface area contributed by atoms with Crippen molar-refractivity contribution >= 4 is 0 Å². The molecule has 0 aliphatic heterocycles. The minimum atomic E-state index is -0.370. The Morgan fingerprint density at radius 3 is 1.32 bits per heavy atom. The zero-order chi connectivity index (χ0) is 28.3. The van der Waals surface area contributed by atoms with Crippen LogP contribution in [-0.2, 0) is 18.8 Å². The summed E-state index contributed by atoms with van der Waals surface area (Å²) in [5.74, 6) is 0. The van der Waals surface area contributed by atoms with Crippen molar-refractivity contribution in [3.05, 3.63) is 156 Å². The van der Waals surface area contributed by atoms with Crippen LogP contribution in [0, 0.1) is 13.8 Å². The Hall–Kier alpha value is -4.74. The van der Waals surface area contributed by atoms with E-state index in [1.165, 1.54) is 33.4 Å². The van der Waals surface area contributed by atoms with Crippen LogP contribution < -0.4 is 0 Å². The van der Waals surface area contributed by atoms with Gasteiger partial charge in [0.25, 0.3) is 0 Å². The summed E-state index contributed by atoms with van der Waals surface area (Å²) >= 11 is 0. The average molecular weight is 539 g/mol. The predicted octanol–water partition coefficient (Wildman–Crippen LogP) is 8.00. The second-order valence-corrected chi connectivity index (χ2v) is 10.5. The molecule has 2 unspecified atom stereocenters. The van der Waals surface area contributed by atoms with Crippen molar-refractivity contribution in [2.75, 3.05) is 0 Å². The largest absolute Gasteiger partial charge is 0.353 e. The molecule has 5 nitrogen and oxygen atoms in total. The van der Waals surface area contributed by atoms with Crippen molar-refractivity contribution in [2.45, 2.75) is 26.1 Å². The highest BCUT2D eigenvalue weighted by Gasteiger charge is 2.30. The molecule has 2 aromatic heterocycles. The van der Waals surface area contributed by atoms with E-state index in [-0.39, 0.29) is 12.2 Å². The minimum absolute atomic E-state index is 0.370. The molecule has 2 heterocycles. The summed E-state index contributed by atoms with van der Waals surface area (Å²) in [7, 11) is 4.05. The molecule has 204 valence electrons. The van der Waals surface area contributed by atoms with Crippen LogP contribution >= 0.6 is 0 Å². The molecule has 4 aromatic carbocycles. The lowest BCUT2D eigenvalue weighted by atomic mass is 9.91. The summed E-state index contributed by atoms with van der Waals surface area (Å²) in [6, 6.07) is 34.0. The highest BCUT2D eigenvalue weighted by molar-refractivity contribution is 5.70. The molecule has 0 radical (unpaired) electrons. The average Bonchev–Trinajstić information content (AvgIpc) is 3.63. The molecule has 41 heavy (non-hydrogen) atoms. The molecule has 0 aliphatic rings. The van der Waals surface area contributed by atoms with Crippen LogP contribution in [-0.4, -0.2) is 19.1 Å². The van der Waals surface area contributed by atoms with Gasteiger partial charge in [-0.1, -0.05) is 97.1 Å². The minimum Gasteiger partial charge on any atom is -0.353 e. The molecular formula is C36H34N4O.